The van der Waals surface area contributed by atoms with Crippen LogP contribution in [0.5, 0.6) is 0 Å². The molecule has 2 aromatic rings. The molecule has 5 nitrogen and oxygen atoms in total. The summed E-state index contributed by atoms with van der Waals surface area (Å²) in [4.78, 5) is 41.0. The van der Waals surface area contributed by atoms with E-state index in [1.165, 1.54) is 10.5 Å². The fraction of sp³-hybridized carbons (Fsp3) is 0.375. The van der Waals surface area contributed by atoms with E-state index in [0.29, 0.717) is 23.6 Å². The number of hydrogen-bond donors (Lipinski definition) is 0. The summed E-state index contributed by atoms with van der Waals surface area (Å²) in [6, 6.07) is 15.5. The molecule has 3 amide bonds. The number of hydrogen-bond acceptors (Lipinski definition) is 3. The average molecular weight is 390 g/mol. The van der Waals surface area contributed by atoms with Crippen molar-refractivity contribution in [3.05, 3.63) is 70.8 Å². The van der Waals surface area contributed by atoms with Crippen LogP contribution in [0.1, 0.15) is 70.9 Å². The molecule has 29 heavy (non-hydrogen) atoms. The van der Waals surface area contributed by atoms with E-state index in [9.17, 15) is 14.4 Å². The number of carbonyl (C=O) groups excluding carboxylic acids is 3. The highest BCUT2D eigenvalue weighted by Gasteiger charge is 2.37. The molecule has 0 spiro atoms. The van der Waals surface area contributed by atoms with Crippen LogP contribution in [0, 0.1) is 0 Å². The Hall–Kier alpha value is -2.95. The molecule has 2 aromatic carbocycles. The van der Waals surface area contributed by atoms with Gasteiger partial charge in [0.05, 0.1) is 11.1 Å². The number of benzene rings is 2. The largest absolute Gasteiger partial charge is 0.335 e. The molecule has 1 fully saturated rings. The molecule has 2 aliphatic rings. The standard InChI is InChI=1S/C24H26N2O3/c1-16(2)18-9-7-17(8-10-18)15-26(19-11-12-19)22(27)13-14-25-23(28)20-5-3-4-6-21(20)24(25)29/h3-10,16,19H,11-15H2,1-2H3. The van der Waals surface area contributed by atoms with Gasteiger partial charge in [-0.3, -0.25) is 19.3 Å². The van der Waals surface area contributed by atoms with Gasteiger partial charge in [0, 0.05) is 25.6 Å². The fourth-order valence-corrected chi connectivity index (χ4v) is 3.81. The van der Waals surface area contributed by atoms with E-state index in [1.54, 1.807) is 24.3 Å². The lowest BCUT2D eigenvalue weighted by molar-refractivity contribution is -0.132. The first-order valence-electron chi connectivity index (χ1n) is 10.3. The van der Waals surface area contributed by atoms with Gasteiger partial charge in [0.25, 0.3) is 11.8 Å². The van der Waals surface area contributed by atoms with Crippen molar-refractivity contribution in [3.8, 4) is 0 Å². The van der Waals surface area contributed by atoms with Crippen molar-refractivity contribution in [2.75, 3.05) is 6.54 Å². The summed E-state index contributed by atoms with van der Waals surface area (Å²) in [5, 5.41) is 0. The van der Waals surface area contributed by atoms with E-state index in [-0.39, 0.29) is 36.7 Å². The van der Waals surface area contributed by atoms with Gasteiger partial charge in [-0.25, -0.2) is 0 Å². The summed E-state index contributed by atoms with van der Waals surface area (Å²) in [6.07, 6.45) is 2.19. The fourth-order valence-electron chi connectivity index (χ4n) is 3.81. The maximum Gasteiger partial charge on any atom is 0.261 e. The molecular formula is C24H26N2O3. The van der Waals surface area contributed by atoms with Crippen molar-refractivity contribution in [2.45, 2.75) is 51.6 Å². The molecule has 1 aliphatic heterocycles. The predicted molar refractivity (Wildman–Crippen MR) is 111 cm³/mol. The Kier molecular flexibility index (Phi) is 5.22. The highest BCUT2D eigenvalue weighted by atomic mass is 16.2. The minimum atomic E-state index is -0.305. The molecule has 0 saturated heterocycles. The van der Waals surface area contributed by atoms with E-state index in [1.807, 2.05) is 4.90 Å². The number of fused-ring (bicyclic) bond motifs is 1. The quantitative estimate of drug-likeness (QED) is 0.672. The van der Waals surface area contributed by atoms with Crippen LogP contribution in [-0.2, 0) is 11.3 Å². The van der Waals surface area contributed by atoms with E-state index in [4.69, 9.17) is 0 Å². The Labute approximate surface area is 171 Å². The second-order valence-corrected chi connectivity index (χ2v) is 8.21. The molecule has 0 bridgehead atoms. The Morgan fingerprint density at radius 2 is 1.59 bits per heavy atom. The second kappa shape index (κ2) is 7.82. The molecule has 0 unspecified atom stereocenters. The molecule has 1 aliphatic carbocycles. The van der Waals surface area contributed by atoms with Gasteiger partial charge in [-0.2, -0.15) is 0 Å². The Balaban J connectivity index is 1.40. The lowest BCUT2D eigenvalue weighted by atomic mass is 10.0. The summed E-state index contributed by atoms with van der Waals surface area (Å²) in [6.45, 7) is 5.02. The Morgan fingerprint density at radius 3 is 2.10 bits per heavy atom. The van der Waals surface area contributed by atoms with Gasteiger partial charge in [-0.05, 0) is 42.0 Å². The summed E-state index contributed by atoms with van der Waals surface area (Å²) in [5.74, 6) is -0.136. The molecule has 4 rings (SSSR count). The number of rotatable bonds is 7. The molecular weight excluding hydrogens is 364 g/mol. The van der Waals surface area contributed by atoms with Crippen molar-refractivity contribution in [2.24, 2.45) is 0 Å². The molecule has 150 valence electrons. The van der Waals surface area contributed by atoms with Crippen LogP contribution < -0.4 is 0 Å². The lowest BCUT2D eigenvalue weighted by Gasteiger charge is -2.24. The van der Waals surface area contributed by atoms with Crippen LogP contribution in [0.3, 0.4) is 0 Å². The van der Waals surface area contributed by atoms with Crippen molar-refractivity contribution in [1.82, 2.24) is 9.80 Å². The third-order valence-corrected chi connectivity index (χ3v) is 5.73. The minimum Gasteiger partial charge on any atom is -0.335 e. The van der Waals surface area contributed by atoms with E-state index < -0.39 is 0 Å². The van der Waals surface area contributed by atoms with Crippen molar-refractivity contribution in [3.63, 3.8) is 0 Å². The van der Waals surface area contributed by atoms with Crippen LogP contribution in [0.4, 0.5) is 0 Å². The maximum atomic E-state index is 12.9. The molecule has 5 heteroatoms. The van der Waals surface area contributed by atoms with E-state index in [2.05, 4.69) is 38.1 Å². The zero-order valence-corrected chi connectivity index (χ0v) is 16.9. The first kappa shape index (κ1) is 19.4. The van der Waals surface area contributed by atoms with Gasteiger partial charge >= 0.3 is 0 Å². The van der Waals surface area contributed by atoms with Crippen molar-refractivity contribution < 1.29 is 14.4 Å². The van der Waals surface area contributed by atoms with Crippen molar-refractivity contribution >= 4 is 17.7 Å². The minimum absolute atomic E-state index is 0.00278. The number of nitrogens with zero attached hydrogens (tertiary/aromatic N) is 2. The number of carbonyl (C=O) groups is 3. The Morgan fingerprint density at radius 1 is 1.00 bits per heavy atom. The number of imide groups is 1. The third kappa shape index (κ3) is 3.95. The third-order valence-electron chi connectivity index (χ3n) is 5.73. The normalized spacial score (nSPS) is 15.8. The molecule has 0 N–H and O–H groups in total. The summed E-state index contributed by atoms with van der Waals surface area (Å²) < 4.78 is 0. The topological polar surface area (TPSA) is 57.7 Å². The second-order valence-electron chi connectivity index (χ2n) is 8.21. The molecule has 1 heterocycles. The Bertz CT molecular complexity index is 910. The zero-order chi connectivity index (χ0) is 20.5. The van der Waals surface area contributed by atoms with Crippen LogP contribution in [0.2, 0.25) is 0 Å². The summed E-state index contributed by atoms with van der Waals surface area (Å²) in [7, 11) is 0. The van der Waals surface area contributed by atoms with Crippen LogP contribution in [-0.4, -0.2) is 40.1 Å². The summed E-state index contributed by atoms with van der Waals surface area (Å²) in [5.41, 5.74) is 3.24. The van der Waals surface area contributed by atoms with Crippen LogP contribution >= 0.6 is 0 Å². The van der Waals surface area contributed by atoms with Crippen LogP contribution in [0.25, 0.3) is 0 Å². The first-order valence-corrected chi connectivity index (χ1v) is 10.3. The van der Waals surface area contributed by atoms with E-state index in [0.717, 1.165) is 18.4 Å². The van der Waals surface area contributed by atoms with Gasteiger partial charge < -0.3 is 4.90 Å². The SMILES string of the molecule is CC(C)c1ccc(CN(C(=O)CCN2C(=O)c3ccccc3C2=O)C2CC2)cc1. The summed E-state index contributed by atoms with van der Waals surface area (Å²) >= 11 is 0. The van der Waals surface area contributed by atoms with Crippen LogP contribution in [0.15, 0.2) is 48.5 Å². The van der Waals surface area contributed by atoms with E-state index >= 15 is 0 Å². The van der Waals surface area contributed by atoms with Crippen molar-refractivity contribution in [1.29, 1.82) is 0 Å². The molecule has 0 radical (unpaired) electrons. The maximum absolute atomic E-state index is 12.9. The van der Waals surface area contributed by atoms with Gasteiger partial charge in [0.2, 0.25) is 5.91 Å². The number of amides is 3. The molecule has 1 saturated carbocycles. The van der Waals surface area contributed by atoms with Gasteiger partial charge in [0.15, 0.2) is 0 Å². The van der Waals surface area contributed by atoms with Gasteiger partial charge in [-0.1, -0.05) is 50.2 Å². The molecule has 0 aromatic heterocycles. The highest BCUT2D eigenvalue weighted by molar-refractivity contribution is 6.21. The van der Waals surface area contributed by atoms with Gasteiger partial charge in [0.1, 0.15) is 0 Å². The lowest BCUT2D eigenvalue weighted by Crippen LogP contribution is -2.37. The van der Waals surface area contributed by atoms with Gasteiger partial charge in [-0.15, -0.1) is 0 Å². The highest BCUT2D eigenvalue weighted by Crippen LogP contribution is 2.30. The zero-order valence-electron chi connectivity index (χ0n) is 16.9. The average Bonchev–Trinajstić information content (AvgIpc) is 3.53. The first-order chi connectivity index (χ1) is 14.0. The monoisotopic (exact) mass is 390 g/mol. The molecule has 0 atom stereocenters. The smallest absolute Gasteiger partial charge is 0.261 e. The predicted octanol–water partition coefficient (Wildman–Crippen LogP) is 3.99.